The standard InChI is InChI=1S/C11H10O2/c1-2-3-4-5-9-6-7-10(12)11(13)8-9/h2,6-8,12-13H,1,3H2. The van der Waals surface area contributed by atoms with Gasteiger partial charge in [-0.25, -0.2) is 0 Å². The van der Waals surface area contributed by atoms with Crippen molar-refractivity contribution in [2.24, 2.45) is 0 Å². The molecule has 0 aliphatic carbocycles. The smallest absolute Gasteiger partial charge is 0.158 e. The summed E-state index contributed by atoms with van der Waals surface area (Å²) in [5.74, 6) is 5.38. The zero-order valence-electron chi connectivity index (χ0n) is 7.12. The second-order valence-electron chi connectivity index (χ2n) is 2.50. The highest BCUT2D eigenvalue weighted by Crippen LogP contribution is 2.24. The van der Waals surface area contributed by atoms with Crippen molar-refractivity contribution < 1.29 is 10.2 Å². The lowest BCUT2D eigenvalue weighted by molar-refractivity contribution is 0.403. The lowest BCUT2D eigenvalue weighted by Gasteiger charge is -1.95. The monoisotopic (exact) mass is 174 g/mol. The van der Waals surface area contributed by atoms with Crippen molar-refractivity contribution in [3.63, 3.8) is 0 Å². The summed E-state index contributed by atoms with van der Waals surface area (Å²) in [6.07, 6.45) is 2.31. The summed E-state index contributed by atoms with van der Waals surface area (Å²) < 4.78 is 0. The van der Waals surface area contributed by atoms with Crippen LogP contribution in [-0.4, -0.2) is 10.2 Å². The third-order valence-electron chi connectivity index (χ3n) is 1.45. The van der Waals surface area contributed by atoms with E-state index in [2.05, 4.69) is 18.4 Å². The van der Waals surface area contributed by atoms with E-state index >= 15 is 0 Å². The third-order valence-corrected chi connectivity index (χ3v) is 1.45. The molecule has 2 nitrogen and oxygen atoms in total. The molecule has 0 bridgehead atoms. The average molecular weight is 174 g/mol. The van der Waals surface area contributed by atoms with Gasteiger partial charge in [-0.15, -0.1) is 6.58 Å². The van der Waals surface area contributed by atoms with Crippen molar-refractivity contribution >= 4 is 0 Å². The van der Waals surface area contributed by atoms with Crippen molar-refractivity contribution in [3.05, 3.63) is 36.4 Å². The number of benzene rings is 1. The van der Waals surface area contributed by atoms with Gasteiger partial charge in [-0.05, 0) is 18.2 Å². The number of allylic oxidation sites excluding steroid dienone is 1. The van der Waals surface area contributed by atoms with Crippen LogP contribution in [0.2, 0.25) is 0 Å². The number of aromatic hydroxyl groups is 2. The summed E-state index contributed by atoms with van der Waals surface area (Å²) in [5.41, 5.74) is 0.678. The molecule has 0 radical (unpaired) electrons. The van der Waals surface area contributed by atoms with Crippen LogP contribution >= 0.6 is 0 Å². The molecule has 0 aliphatic heterocycles. The third kappa shape index (κ3) is 2.57. The molecule has 66 valence electrons. The van der Waals surface area contributed by atoms with Gasteiger partial charge in [0.2, 0.25) is 0 Å². The van der Waals surface area contributed by atoms with Crippen LogP contribution in [0.15, 0.2) is 30.9 Å². The van der Waals surface area contributed by atoms with Gasteiger partial charge in [-0.2, -0.15) is 0 Å². The van der Waals surface area contributed by atoms with Gasteiger partial charge < -0.3 is 10.2 Å². The van der Waals surface area contributed by atoms with E-state index in [1.807, 2.05) is 0 Å². The summed E-state index contributed by atoms with van der Waals surface area (Å²) in [4.78, 5) is 0. The lowest BCUT2D eigenvalue weighted by Crippen LogP contribution is -1.74. The predicted octanol–water partition coefficient (Wildman–Crippen LogP) is 2.03. The van der Waals surface area contributed by atoms with Crippen molar-refractivity contribution in [1.29, 1.82) is 0 Å². The molecular formula is C11H10O2. The molecule has 0 saturated heterocycles. The van der Waals surface area contributed by atoms with Gasteiger partial charge in [0.05, 0.1) is 0 Å². The first kappa shape index (κ1) is 9.21. The summed E-state index contributed by atoms with van der Waals surface area (Å²) in [7, 11) is 0. The highest BCUT2D eigenvalue weighted by atomic mass is 16.3. The fraction of sp³-hybridized carbons (Fsp3) is 0.0909. The quantitative estimate of drug-likeness (QED) is 0.388. The molecule has 0 heterocycles. The summed E-state index contributed by atoms with van der Waals surface area (Å²) in [5, 5.41) is 18.1. The van der Waals surface area contributed by atoms with Crippen LogP contribution in [-0.2, 0) is 0 Å². The Morgan fingerprint density at radius 3 is 2.69 bits per heavy atom. The molecule has 0 aromatic heterocycles. The van der Waals surface area contributed by atoms with E-state index in [4.69, 9.17) is 10.2 Å². The summed E-state index contributed by atoms with van der Waals surface area (Å²) in [6, 6.07) is 4.48. The Kier molecular flexibility index (Phi) is 2.99. The molecule has 0 saturated carbocycles. The number of hydrogen-bond donors (Lipinski definition) is 2. The first-order chi connectivity index (χ1) is 6.24. The molecular weight excluding hydrogens is 164 g/mol. The Labute approximate surface area is 77.2 Å². The Morgan fingerprint density at radius 2 is 2.08 bits per heavy atom. The van der Waals surface area contributed by atoms with E-state index in [9.17, 15) is 0 Å². The largest absolute Gasteiger partial charge is 0.504 e. The predicted molar refractivity (Wildman–Crippen MR) is 51.5 cm³/mol. The van der Waals surface area contributed by atoms with Gasteiger partial charge >= 0.3 is 0 Å². The van der Waals surface area contributed by atoms with Gasteiger partial charge in [0.15, 0.2) is 11.5 Å². The van der Waals surface area contributed by atoms with Crippen LogP contribution < -0.4 is 0 Å². The number of rotatable bonds is 1. The normalized spacial score (nSPS) is 8.62. The Hall–Kier alpha value is -1.88. The van der Waals surface area contributed by atoms with Crippen molar-refractivity contribution in [1.82, 2.24) is 0 Å². The molecule has 2 heteroatoms. The van der Waals surface area contributed by atoms with Crippen molar-refractivity contribution in [2.75, 3.05) is 0 Å². The lowest BCUT2D eigenvalue weighted by atomic mass is 10.2. The van der Waals surface area contributed by atoms with E-state index in [-0.39, 0.29) is 11.5 Å². The van der Waals surface area contributed by atoms with Crippen LogP contribution in [0.1, 0.15) is 12.0 Å². The summed E-state index contributed by atoms with van der Waals surface area (Å²) >= 11 is 0. The molecule has 0 spiro atoms. The molecule has 0 fully saturated rings. The second-order valence-corrected chi connectivity index (χ2v) is 2.50. The van der Waals surface area contributed by atoms with Crippen LogP contribution in [0.3, 0.4) is 0 Å². The molecule has 0 aliphatic rings. The van der Waals surface area contributed by atoms with Crippen molar-refractivity contribution in [3.8, 4) is 23.3 Å². The zero-order valence-corrected chi connectivity index (χ0v) is 7.12. The molecule has 2 N–H and O–H groups in total. The fourth-order valence-electron chi connectivity index (χ4n) is 0.826. The second kappa shape index (κ2) is 4.22. The van der Waals surface area contributed by atoms with E-state index in [0.717, 1.165) is 0 Å². The van der Waals surface area contributed by atoms with E-state index < -0.39 is 0 Å². The van der Waals surface area contributed by atoms with Gasteiger partial charge in [0.25, 0.3) is 0 Å². The fourth-order valence-corrected chi connectivity index (χ4v) is 0.826. The van der Waals surface area contributed by atoms with E-state index in [0.29, 0.717) is 12.0 Å². The molecule has 1 aromatic rings. The highest BCUT2D eigenvalue weighted by molar-refractivity contribution is 5.46. The van der Waals surface area contributed by atoms with Crippen LogP contribution in [0.5, 0.6) is 11.5 Å². The number of phenols is 2. The molecule has 0 amide bonds. The van der Waals surface area contributed by atoms with Crippen molar-refractivity contribution in [2.45, 2.75) is 6.42 Å². The number of phenolic OH excluding ortho intramolecular Hbond substituents is 2. The highest BCUT2D eigenvalue weighted by Gasteiger charge is 1.96. The molecule has 13 heavy (non-hydrogen) atoms. The molecule has 0 atom stereocenters. The van der Waals surface area contributed by atoms with E-state index in [1.54, 1.807) is 12.1 Å². The van der Waals surface area contributed by atoms with Gasteiger partial charge in [-0.1, -0.05) is 17.9 Å². The Balaban J connectivity index is 2.87. The van der Waals surface area contributed by atoms with Crippen LogP contribution in [0.4, 0.5) is 0 Å². The van der Waals surface area contributed by atoms with E-state index in [1.165, 1.54) is 12.1 Å². The van der Waals surface area contributed by atoms with Gasteiger partial charge in [0.1, 0.15) is 0 Å². The van der Waals surface area contributed by atoms with Gasteiger partial charge in [-0.3, -0.25) is 0 Å². The minimum Gasteiger partial charge on any atom is -0.504 e. The van der Waals surface area contributed by atoms with Gasteiger partial charge in [0, 0.05) is 12.0 Å². The SMILES string of the molecule is C=CCC#Cc1ccc(O)c(O)c1. The minimum absolute atomic E-state index is 0.130. The zero-order chi connectivity index (χ0) is 9.68. The Morgan fingerprint density at radius 1 is 1.31 bits per heavy atom. The number of hydrogen-bond acceptors (Lipinski definition) is 2. The molecule has 1 rings (SSSR count). The minimum atomic E-state index is -0.148. The maximum Gasteiger partial charge on any atom is 0.158 e. The summed E-state index contributed by atoms with van der Waals surface area (Å²) in [6.45, 7) is 3.53. The Bertz CT molecular complexity index is 369. The average Bonchev–Trinajstić information content (AvgIpc) is 2.12. The van der Waals surface area contributed by atoms with Crippen LogP contribution in [0, 0.1) is 11.8 Å². The molecule has 0 unspecified atom stereocenters. The topological polar surface area (TPSA) is 40.5 Å². The maximum absolute atomic E-state index is 9.12. The maximum atomic E-state index is 9.12. The molecule has 1 aromatic carbocycles. The van der Waals surface area contributed by atoms with Crippen LogP contribution in [0.25, 0.3) is 0 Å². The first-order valence-electron chi connectivity index (χ1n) is 3.86. The first-order valence-corrected chi connectivity index (χ1v) is 3.86.